The van der Waals surface area contributed by atoms with Gasteiger partial charge in [0.15, 0.2) is 0 Å². The van der Waals surface area contributed by atoms with Crippen molar-refractivity contribution in [3.63, 3.8) is 0 Å². The highest BCUT2D eigenvalue weighted by Crippen LogP contribution is 2.41. The molecule has 118 valence electrons. The van der Waals surface area contributed by atoms with Crippen LogP contribution >= 0.6 is 0 Å². The summed E-state index contributed by atoms with van der Waals surface area (Å²) in [6, 6.07) is 14.1. The Morgan fingerprint density at radius 3 is 2.43 bits per heavy atom. The maximum atomic E-state index is 12.0. The zero-order chi connectivity index (χ0) is 16.4. The molecule has 1 aliphatic heterocycles. The van der Waals surface area contributed by atoms with Gasteiger partial charge in [-0.25, -0.2) is 4.79 Å². The van der Waals surface area contributed by atoms with Crippen LogP contribution in [-0.4, -0.2) is 18.5 Å². The number of nitrogens with two attached hydrogens (primary N) is 2. The second-order valence-electron chi connectivity index (χ2n) is 5.25. The lowest BCUT2D eigenvalue weighted by molar-refractivity contribution is -0.147. The molecule has 6 nitrogen and oxygen atoms in total. The van der Waals surface area contributed by atoms with Crippen molar-refractivity contribution in [2.75, 3.05) is 11.4 Å². The van der Waals surface area contributed by atoms with Gasteiger partial charge in [0.05, 0.1) is 17.9 Å². The molecule has 0 radical (unpaired) electrons. The van der Waals surface area contributed by atoms with Crippen LogP contribution < -0.4 is 16.4 Å². The maximum Gasteiger partial charge on any atom is 0.323 e. The van der Waals surface area contributed by atoms with E-state index in [1.807, 2.05) is 42.5 Å². The third-order valence-electron chi connectivity index (χ3n) is 3.82. The summed E-state index contributed by atoms with van der Waals surface area (Å²) in [5, 5.41) is 0. The standard InChI is InChI=1S/C17H17N3O3/c18-10-16(21)23-15-9-11-5-1-3-7-13(11)20(17(19)22)14-8-4-2-6-12(14)15/h1-8,15H,9-10,18H2,(H2,19,22). The number of para-hydroxylation sites is 2. The highest BCUT2D eigenvalue weighted by molar-refractivity contribution is 6.00. The van der Waals surface area contributed by atoms with Crippen molar-refractivity contribution >= 4 is 23.4 Å². The number of benzene rings is 2. The summed E-state index contributed by atoms with van der Waals surface area (Å²) in [6.45, 7) is -0.195. The van der Waals surface area contributed by atoms with Crippen molar-refractivity contribution < 1.29 is 14.3 Å². The van der Waals surface area contributed by atoms with Crippen LogP contribution in [0.25, 0.3) is 0 Å². The topological polar surface area (TPSA) is 98.7 Å². The first-order valence-corrected chi connectivity index (χ1v) is 7.27. The molecule has 0 saturated carbocycles. The van der Waals surface area contributed by atoms with Crippen LogP contribution in [0.3, 0.4) is 0 Å². The summed E-state index contributed by atoms with van der Waals surface area (Å²) >= 11 is 0. The number of carbonyl (C=O) groups is 2. The molecular weight excluding hydrogens is 294 g/mol. The van der Waals surface area contributed by atoms with E-state index in [4.69, 9.17) is 16.2 Å². The number of anilines is 2. The minimum Gasteiger partial charge on any atom is -0.456 e. The summed E-state index contributed by atoms with van der Waals surface area (Å²) in [4.78, 5) is 25.2. The van der Waals surface area contributed by atoms with Gasteiger partial charge in [-0.05, 0) is 17.7 Å². The number of urea groups is 1. The molecule has 2 aromatic carbocycles. The van der Waals surface area contributed by atoms with Crippen LogP contribution in [0.2, 0.25) is 0 Å². The molecule has 6 heteroatoms. The van der Waals surface area contributed by atoms with Crippen molar-refractivity contribution in [2.24, 2.45) is 11.5 Å². The Morgan fingerprint density at radius 1 is 1.09 bits per heavy atom. The van der Waals surface area contributed by atoms with E-state index in [1.165, 1.54) is 4.90 Å². The number of carbonyl (C=O) groups excluding carboxylic acids is 2. The zero-order valence-corrected chi connectivity index (χ0v) is 12.4. The monoisotopic (exact) mass is 311 g/mol. The quantitative estimate of drug-likeness (QED) is 0.829. The highest BCUT2D eigenvalue weighted by Gasteiger charge is 2.30. The predicted molar refractivity (Wildman–Crippen MR) is 86.2 cm³/mol. The molecule has 1 aliphatic rings. The number of nitrogens with zero attached hydrogens (tertiary/aromatic N) is 1. The normalized spacial score (nSPS) is 16.0. The van der Waals surface area contributed by atoms with E-state index in [9.17, 15) is 9.59 Å². The van der Waals surface area contributed by atoms with Gasteiger partial charge in [-0.1, -0.05) is 36.4 Å². The van der Waals surface area contributed by atoms with Crippen molar-refractivity contribution in [3.8, 4) is 0 Å². The minimum absolute atomic E-state index is 0.195. The lowest BCUT2D eigenvalue weighted by Crippen LogP contribution is -2.32. The Labute approximate surface area is 133 Å². The Morgan fingerprint density at radius 2 is 1.74 bits per heavy atom. The molecule has 0 bridgehead atoms. The van der Waals surface area contributed by atoms with Gasteiger partial charge in [-0.3, -0.25) is 9.69 Å². The first-order valence-electron chi connectivity index (χ1n) is 7.27. The molecule has 1 unspecified atom stereocenters. The third-order valence-corrected chi connectivity index (χ3v) is 3.82. The number of fused-ring (bicyclic) bond motifs is 2. The molecule has 0 spiro atoms. The van der Waals surface area contributed by atoms with Gasteiger partial charge in [0.1, 0.15) is 6.10 Å². The molecule has 4 N–H and O–H groups in total. The summed E-state index contributed by atoms with van der Waals surface area (Å²) in [7, 11) is 0. The number of esters is 1. The molecule has 23 heavy (non-hydrogen) atoms. The van der Waals surface area contributed by atoms with E-state index in [0.29, 0.717) is 17.8 Å². The van der Waals surface area contributed by atoms with Gasteiger partial charge in [-0.2, -0.15) is 0 Å². The number of hydrogen-bond acceptors (Lipinski definition) is 4. The first-order chi connectivity index (χ1) is 11.1. The summed E-state index contributed by atoms with van der Waals surface area (Å²) < 4.78 is 5.49. The Kier molecular flexibility index (Phi) is 3.99. The van der Waals surface area contributed by atoms with Gasteiger partial charge in [0.2, 0.25) is 0 Å². The number of amides is 2. The number of hydrogen-bond donors (Lipinski definition) is 2. The van der Waals surface area contributed by atoms with Gasteiger partial charge < -0.3 is 16.2 Å². The molecule has 0 saturated heterocycles. The molecule has 1 atom stereocenters. The third kappa shape index (κ3) is 2.76. The molecular formula is C17H17N3O3. The summed E-state index contributed by atoms with van der Waals surface area (Å²) in [5.41, 5.74) is 13.9. The molecule has 3 rings (SSSR count). The van der Waals surface area contributed by atoms with Gasteiger partial charge in [-0.15, -0.1) is 0 Å². The number of primary amides is 1. The van der Waals surface area contributed by atoms with Crippen molar-refractivity contribution in [2.45, 2.75) is 12.5 Å². The highest BCUT2D eigenvalue weighted by atomic mass is 16.5. The fraction of sp³-hybridized carbons (Fsp3) is 0.176. The van der Waals surface area contributed by atoms with E-state index in [1.54, 1.807) is 6.07 Å². The predicted octanol–water partition coefficient (Wildman–Crippen LogP) is 2.00. The Bertz CT molecular complexity index is 760. The summed E-state index contributed by atoms with van der Waals surface area (Å²) in [5.74, 6) is -0.491. The molecule has 0 aliphatic carbocycles. The second-order valence-corrected chi connectivity index (χ2v) is 5.25. The fourth-order valence-corrected chi connectivity index (χ4v) is 2.85. The van der Waals surface area contributed by atoms with Crippen LogP contribution in [0.4, 0.5) is 16.2 Å². The molecule has 1 heterocycles. The van der Waals surface area contributed by atoms with Crippen molar-refractivity contribution in [3.05, 3.63) is 59.7 Å². The second kappa shape index (κ2) is 6.10. The van der Waals surface area contributed by atoms with E-state index >= 15 is 0 Å². The van der Waals surface area contributed by atoms with E-state index in [2.05, 4.69) is 0 Å². The average Bonchev–Trinajstić information content (AvgIpc) is 2.69. The lowest BCUT2D eigenvalue weighted by atomic mass is 10.0. The van der Waals surface area contributed by atoms with Crippen LogP contribution in [0.5, 0.6) is 0 Å². The fourth-order valence-electron chi connectivity index (χ4n) is 2.85. The molecule has 2 aromatic rings. The van der Waals surface area contributed by atoms with E-state index in [0.717, 1.165) is 11.1 Å². The Hall–Kier alpha value is -2.86. The van der Waals surface area contributed by atoms with E-state index in [-0.39, 0.29) is 6.54 Å². The molecule has 0 aromatic heterocycles. The smallest absolute Gasteiger partial charge is 0.323 e. The van der Waals surface area contributed by atoms with Crippen LogP contribution in [0, 0.1) is 0 Å². The van der Waals surface area contributed by atoms with Gasteiger partial charge >= 0.3 is 12.0 Å². The lowest BCUT2D eigenvalue weighted by Gasteiger charge is -2.23. The van der Waals surface area contributed by atoms with Crippen LogP contribution in [0.1, 0.15) is 17.2 Å². The zero-order valence-electron chi connectivity index (χ0n) is 12.4. The van der Waals surface area contributed by atoms with Crippen LogP contribution in [0.15, 0.2) is 48.5 Å². The maximum absolute atomic E-state index is 12.0. The SMILES string of the molecule is NCC(=O)OC1Cc2ccccc2N(C(N)=O)c2ccccc21. The molecule has 2 amide bonds. The number of rotatable bonds is 2. The summed E-state index contributed by atoms with van der Waals surface area (Å²) in [6.07, 6.45) is -0.0735. The van der Waals surface area contributed by atoms with Crippen LogP contribution in [-0.2, 0) is 16.0 Å². The van der Waals surface area contributed by atoms with Crippen molar-refractivity contribution in [1.82, 2.24) is 0 Å². The van der Waals surface area contributed by atoms with Gasteiger partial charge in [0.25, 0.3) is 0 Å². The van der Waals surface area contributed by atoms with Crippen molar-refractivity contribution in [1.29, 1.82) is 0 Å². The van der Waals surface area contributed by atoms with Gasteiger partial charge in [0, 0.05) is 12.0 Å². The minimum atomic E-state index is -0.587. The first kappa shape index (κ1) is 15.1. The molecule has 0 fully saturated rings. The largest absolute Gasteiger partial charge is 0.456 e. The average molecular weight is 311 g/mol. The Balaban J connectivity index is 2.18. The number of ether oxygens (including phenoxy) is 1. The van der Waals surface area contributed by atoms with E-state index < -0.39 is 18.1 Å².